The minimum absolute atomic E-state index is 0.0997. The van der Waals surface area contributed by atoms with E-state index >= 15 is 0 Å². The molecule has 0 bridgehead atoms. The molecule has 2 aromatic rings. The van der Waals surface area contributed by atoms with E-state index in [0.717, 1.165) is 5.56 Å². The number of hydrogen-bond donors (Lipinski definition) is 2. The molecule has 2 rings (SSSR count). The molecule has 30 heavy (non-hydrogen) atoms. The van der Waals surface area contributed by atoms with Crippen molar-refractivity contribution in [1.82, 2.24) is 10.7 Å². The average molecular weight is 412 g/mol. The first-order valence-electron chi connectivity index (χ1n) is 9.13. The van der Waals surface area contributed by atoms with Gasteiger partial charge in [0.25, 0.3) is 0 Å². The second-order valence-corrected chi connectivity index (χ2v) is 6.15. The van der Waals surface area contributed by atoms with Gasteiger partial charge in [-0.05, 0) is 35.2 Å². The number of rotatable bonds is 10. The van der Waals surface area contributed by atoms with Crippen LogP contribution in [0.1, 0.15) is 27.9 Å². The Morgan fingerprint density at radius 3 is 2.57 bits per heavy atom. The summed E-state index contributed by atoms with van der Waals surface area (Å²) in [7, 11) is 1.56. The summed E-state index contributed by atoms with van der Waals surface area (Å²) in [6.45, 7) is 1.07. The zero-order chi connectivity index (χ0) is 21.8. The summed E-state index contributed by atoms with van der Waals surface area (Å²) < 4.78 is 10.5. The van der Waals surface area contributed by atoms with Gasteiger partial charge in [0, 0.05) is 20.3 Å². The van der Waals surface area contributed by atoms with Crippen molar-refractivity contribution < 1.29 is 29.0 Å². The monoisotopic (exact) mass is 412 g/mol. The predicted octanol–water partition coefficient (Wildman–Crippen LogP) is 0.232. The lowest BCUT2D eigenvalue weighted by Gasteiger charge is -2.08. The smallest absolute Gasteiger partial charge is 0.329 e. The highest BCUT2D eigenvalue weighted by Gasteiger charge is 2.11. The number of carbonyl (C=O) groups excluding carboxylic acids is 3. The van der Waals surface area contributed by atoms with Crippen LogP contribution < -0.4 is 20.6 Å². The van der Waals surface area contributed by atoms with E-state index in [9.17, 15) is 19.5 Å². The maximum atomic E-state index is 11.7. The zero-order valence-electron chi connectivity index (χ0n) is 16.4. The number of ether oxygens (including phenoxy) is 2. The van der Waals surface area contributed by atoms with Gasteiger partial charge in [-0.25, -0.2) is 5.43 Å². The molecule has 158 valence electrons. The van der Waals surface area contributed by atoms with Crippen molar-refractivity contribution >= 4 is 24.0 Å². The molecule has 0 heterocycles. The lowest BCUT2D eigenvalue weighted by Crippen LogP contribution is -2.38. The second kappa shape index (κ2) is 12.0. The molecule has 0 atom stereocenters. The van der Waals surface area contributed by atoms with Gasteiger partial charge in [0.1, 0.15) is 12.4 Å². The van der Waals surface area contributed by atoms with Gasteiger partial charge in [-0.3, -0.25) is 9.59 Å². The molecule has 0 aromatic heterocycles. The molecule has 9 heteroatoms. The summed E-state index contributed by atoms with van der Waals surface area (Å²) in [6.07, 6.45) is 1.99. The Morgan fingerprint density at radius 1 is 1.10 bits per heavy atom. The van der Waals surface area contributed by atoms with E-state index in [2.05, 4.69) is 15.8 Å². The molecule has 2 amide bonds. The number of aromatic carboxylic acids is 1. The van der Waals surface area contributed by atoms with Crippen molar-refractivity contribution in [2.75, 3.05) is 20.3 Å². The number of nitrogens with zero attached hydrogens (tertiary/aromatic N) is 1. The highest BCUT2D eigenvalue weighted by molar-refractivity contribution is 6.35. The molecule has 9 nitrogen and oxygen atoms in total. The Morgan fingerprint density at radius 2 is 1.87 bits per heavy atom. The number of carbonyl (C=O) groups is 3. The molecule has 0 radical (unpaired) electrons. The van der Waals surface area contributed by atoms with Crippen LogP contribution in [-0.2, 0) is 20.9 Å². The molecule has 0 aliphatic heterocycles. The van der Waals surface area contributed by atoms with E-state index in [4.69, 9.17) is 9.47 Å². The molecule has 0 aliphatic rings. The topological polar surface area (TPSA) is 129 Å². The van der Waals surface area contributed by atoms with Gasteiger partial charge in [0.2, 0.25) is 0 Å². The largest absolute Gasteiger partial charge is 0.545 e. The Balaban J connectivity index is 1.82. The lowest BCUT2D eigenvalue weighted by atomic mass is 10.1. The van der Waals surface area contributed by atoms with Crippen molar-refractivity contribution in [2.24, 2.45) is 5.10 Å². The number of benzene rings is 2. The molecular weight excluding hydrogens is 390 g/mol. The van der Waals surface area contributed by atoms with Crippen LogP contribution in [0.2, 0.25) is 0 Å². The Labute approximate surface area is 173 Å². The number of hydrogen-bond acceptors (Lipinski definition) is 7. The van der Waals surface area contributed by atoms with Gasteiger partial charge in [-0.15, -0.1) is 0 Å². The first-order valence-corrected chi connectivity index (χ1v) is 9.13. The van der Waals surface area contributed by atoms with Gasteiger partial charge in [-0.2, -0.15) is 5.10 Å². The summed E-state index contributed by atoms with van der Waals surface area (Å²) in [5, 5.41) is 17.0. The van der Waals surface area contributed by atoms with Crippen molar-refractivity contribution in [3.05, 3.63) is 65.2 Å². The third-order valence-corrected chi connectivity index (χ3v) is 3.85. The van der Waals surface area contributed by atoms with Crippen molar-refractivity contribution in [2.45, 2.75) is 13.0 Å². The molecule has 2 N–H and O–H groups in total. The number of carboxylic acids is 1. The van der Waals surface area contributed by atoms with Crippen LogP contribution in [0.4, 0.5) is 0 Å². The molecule has 0 fully saturated rings. The van der Waals surface area contributed by atoms with Gasteiger partial charge >= 0.3 is 11.8 Å². The van der Waals surface area contributed by atoms with Gasteiger partial charge < -0.3 is 24.7 Å². The van der Waals surface area contributed by atoms with Gasteiger partial charge in [0.05, 0.1) is 12.2 Å². The van der Waals surface area contributed by atoms with E-state index in [1.165, 1.54) is 18.3 Å². The quantitative estimate of drug-likeness (QED) is 0.249. The van der Waals surface area contributed by atoms with Crippen LogP contribution in [0.5, 0.6) is 5.75 Å². The normalized spacial score (nSPS) is 10.6. The first-order chi connectivity index (χ1) is 14.5. The van der Waals surface area contributed by atoms with Gasteiger partial charge in [0.15, 0.2) is 0 Å². The van der Waals surface area contributed by atoms with Crippen molar-refractivity contribution in [3.8, 4) is 5.75 Å². The number of methoxy groups -OCH3 is 1. The summed E-state index contributed by atoms with van der Waals surface area (Å²) in [4.78, 5) is 34.0. The van der Waals surface area contributed by atoms with E-state index in [0.29, 0.717) is 30.9 Å². The molecular formula is C21H22N3O6-. The number of hydrazone groups is 1. The third kappa shape index (κ3) is 7.72. The average Bonchev–Trinajstić information content (AvgIpc) is 2.75. The minimum atomic E-state index is -1.23. The fourth-order valence-electron chi connectivity index (χ4n) is 2.30. The van der Waals surface area contributed by atoms with Crippen LogP contribution in [0.3, 0.4) is 0 Å². The Hall–Kier alpha value is -3.72. The third-order valence-electron chi connectivity index (χ3n) is 3.85. The Kier molecular flexibility index (Phi) is 9.01. The first kappa shape index (κ1) is 22.6. The molecule has 2 aromatic carbocycles. The Bertz CT molecular complexity index is 896. The van der Waals surface area contributed by atoms with E-state index in [1.54, 1.807) is 43.5 Å². The number of carboxylic acid groups (broad SMARTS) is 1. The van der Waals surface area contributed by atoms with E-state index in [-0.39, 0.29) is 12.2 Å². The van der Waals surface area contributed by atoms with Crippen LogP contribution >= 0.6 is 0 Å². The van der Waals surface area contributed by atoms with E-state index in [1.807, 2.05) is 0 Å². The molecule has 0 spiro atoms. The molecule has 0 aliphatic carbocycles. The van der Waals surface area contributed by atoms with Crippen LogP contribution in [0, 0.1) is 0 Å². The maximum Gasteiger partial charge on any atom is 0.329 e. The fraction of sp³-hybridized carbons (Fsp3) is 0.238. The van der Waals surface area contributed by atoms with Crippen LogP contribution in [0.25, 0.3) is 0 Å². The number of amides is 2. The van der Waals surface area contributed by atoms with E-state index < -0.39 is 17.8 Å². The van der Waals surface area contributed by atoms with Crippen LogP contribution in [-0.4, -0.2) is 44.3 Å². The summed E-state index contributed by atoms with van der Waals surface area (Å²) in [5.74, 6) is -2.31. The highest BCUT2D eigenvalue weighted by Crippen LogP contribution is 2.14. The fourth-order valence-corrected chi connectivity index (χ4v) is 2.30. The minimum Gasteiger partial charge on any atom is -0.545 e. The second-order valence-electron chi connectivity index (χ2n) is 6.15. The summed E-state index contributed by atoms with van der Waals surface area (Å²) >= 11 is 0. The van der Waals surface area contributed by atoms with Crippen molar-refractivity contribution in [3.63, 3.8) is 0 Å². The summed E-state index contributed by atoms with van der Waals surface area (Å²) in [5.41, 5.74) is 3.70. The highest BCUT2D eigenvalue weighted by atomic mass is 16.5. The standard InChI is InChI=1S/C21H23N3O6/c1-29-11-3-10-22-19(25)20(26)24-23-13-16-4-2-5-18(12-16)30-14-15-6-8-17(9-7-15)21(27)28/h2,4-9,12-13H,3,10-11,14H2,1H3,(H,22,25)(H,24,26)(H,27,28)/p-1/b23-13-. The van der Waals surface area contributed by atoms with Crippen molar-refractivity contribution in [1.29, 1.82) is 0 Å². The zero-order valence-corrected chi connectivity index (χ0v) is 16.4. The summed E-state index contributed by atoms with van der Waals surface area (Å²) in [6, 6.07) is 13.1. The lowest BCUT2D eigenvalue weighted by molar-refractivity contribution is -0.255. The SMILES string of the molecule is COCCCNC(=O)C(=O)N/N=C\c1cccc(OCc2ccc(C(=O)[O-])cc2)c1. The van der Waals surface area contributed by atoms with Crippen LogP contribution in [0.15, 0.2) is 53.6 Å². The number of nitrogens with one attached hydrogen (secondary N) is 2. The molecule has 0 saturated carbocycles. The van der Waals surface area contributed by atoms with Gasteiger partial charge in [-0.1, -0.05) is 36.4 Å². The maximum absolute atomic E-state index is 11.7. The predicted molar refractivity (Wildman–Crippen MR) is 107 cm³/mol. The molecule has 0 unspecified atom stereocenters. The molecule has 0 saturated heterocycles.